The van der Waals surface area contributed by atoms with Gasteiger partial charge >= 0.3 is 0 Å². The third-order valence-corrected chi connectivity index (χ3v) is 5.49. The van der Waals surface area contributed by atoms with Gasteiger partial charge in [0.15, 0.2) is 0 Å². The average Bonchev–Trinajstić information content (AvgIpc) is 2.82. The predicted octanol–water partition coefficient (Wildman–Crippen LogP) is 2.38. The maximum absolute atomic E-state index is 12.4. The van der Waals surface area contributed by atoms with Gasteiger partial charge in [-0.05, 0) is 33.1 Å². The van der Waals surface area contributed by atoms with E-state index in [0.717, 1.165) is 48.0 Å². The van der Waals surface area contributed by atoms with Crippen LogP contribution in [0.1, 0.15) is 34.8 Å². The Morgan fingerprint density at radius 1 is 1.39 bits per heavy atom. The zero-order valence-corrected chi connectivity index (χ0v) is 15.9. The van der Waals surface area contributed by atoms with E-state index in [1.54, 1.807) is 11.3 Å². The van der Waals surface area contributed by atoms with Crippen molar-refractivity contribution in [3.05, 3.63) is 15.6 Å². The number of nitrogens with zero attached hydrogens (tertiary/aromatic N) is 1. The van der Waals surface area contributed by atoms with Gasteiger partial charge < -0.3 is 15.4 Å². The van der Waals surface area contributed by atoms with Crippen LogP contribution in [0.3, 0.4) is 0 Å². The number of carbonyl (C=O) groups is 1. The largest absolute Gasteiger partial charge is 0.375 e. The Hall–Kier alpha value is -0.400. The first kappa shape index (κ1) is 20.6. The second kappa shape index (κ2) is 9.18. The standard InChI is InChI=1S/C15H23N3O2S.2ClH/c1-9-14(21-10(2)18-9)8-17-15(19)11-3-4-13-12(7-11)16-5-6-20-13;;/h11-13,16H,3-8H2,1-2H3,(H,17,19);2*1H/t11-,12+,13+;;/m0../s1. The van der Waals surface area contributed by atoms with Gasteiger partial charge in [0.25, 0.3) is 0 Å². The predicted molar refractivity (Wildman–Crippen MR) is 96.8 cm³/mol. The normalized spacial score (nSPS) is 26.4. The molecular weight excluding hydrogens is 357 g/mol. The van der Waals surface area contributed by atoms with Gasteiger partial charge in [-0.2, -0.15) is 0 Å². The number of ether oxygens (including phenoxy) is 1. The molecule has 1 aromatic heterocycles. The van der Waals surface area contributed by atoms with E-state index in [4.69, 9.17) is 4.74 Å². The number of nitrogens with one attached hydrogen (secondary N) is 2. The summed E-state index contributed by atoms with van der Waals surface area (Å²) in [6.07, 6.45) is 3.09. The molecule has 3 atom stereocenters. The Morgan fingerprint density at radius 2 is 2.17 bits per heavy atom. The first-order chi connectivity index (χ1) is 10.1. The fraction of sp³-hybridized carbons (Fsp3) is 0.733. The molecule has 8 heteroatoms. The first-order valence-corrected chi connectivity index (χ1v) is 8.50. The van der Waals surface area contributed by atoms with Gasteiger partial charge in [-0.25, -0.2) is 4.98 Å². The summed E-state index contributed by atoms with van der Waals surface area (Å²) in [6.45, 7) is 6.29. The summed E-state index contributed by atoms with van der Waals surface area (Å²) in [5, 5.41) is 7.62. The molecule has 0 bridgehead atoms. The van der Waals surface area contributed by atoms with Gasteiger partial charge in [-0.1, -0.05) is 0 Å². The molecule has 3 rings (SSSR count). The van der Waals surface area contributed by atoms with Crippen LogP contribution in [0.25, 0.3) is 0 Å². The number of amides is 1. The summed E-state index contributed by atoms with van der Waals surface area (Å²) in [6, 6.07) is 0.343. The smallest absolute Gasteiger partial charge is 0.223 e. The quantitative estimate of drug-likeness (QED) is 0.843. The molecule has 1 aliphatic carbocycles. The highest BCUT2D eigenvalue weighted by Crippen LogP contribution is 2.28. The average molecular weight is 382 g/mol. The second-order valence-corrected chi connectivity index (χ2v) is 7.23. The van der Waals surface area contributed by atoms with Crippen LogP contribution < -0.4 is 10.6 Å². The SMILES string of the molecule is Cc1nc(C)c(CNC(=O)[C@H]2CC[C@H]3OCCN[C@@H]3C2)s1.Cl.Cl. The van der Waals surface area contributed by atoms with E-state index in [1.807, 2.05) is 13.8 Å². The maximum atomic E-state index is 12.4. The fourth-order valence-corrected chi connectivity index (χ4v) is 4.18. The lowest BCUT2D eigenvalue weighted by molar-refractivity contribution is -0.128. The minimum absolute atomic E-state index is 0. The highest BCUT2D eigenvalue weighted by molar-refractivity contribution is 7.11. The third kappa shape index (κ3) is 5.03. The van der Waals surface area contributed by atoms with Crippen LogP contribution in [-0.2, 0) is 16.1 Å². The lowest BCUT2D eigenvalue weighted by Crippen LogP contribution is -2.53. The molecule has 5 nitrogen and oxygen atoms in total. The van der Waals surface area contributed by atoms with Crippen molar-refractivity contribution in [1.82, 2.24) is 15.6 Å². The lowest BCUT2D eigenvalue weighted by Gasteiger charge is -2.39. The molecule has 23 heavy (non-hydrogen) atoms. The number of hydrogen-bond donors (Lipinski definition) is 2. The van der Waals surface area contributed by atoms with Crippen LogP contribution in [0.2, 0.25) is 0 Å². The Morgan fingerprint density at radius 3 is 2.87 bits per heavy atom. The lowest BCUT2D eigenvalue weighted by atomic mass is 9.82. The number of halogens is 2. The van der Waals surface area contributed by atoms with Crippen molar-refractivity contribution in [2.45, 2.75) is 51.8 Å². The number of carbonyl (C=O) groups excluding carboxylic acids is 1. The third-order valence-electron chi connectivity index (χ3n) is 4.42. The highest BCUT2D eigenvalue weighted by Gasteiger charge is 2.35. The molecular formula is C15H25Cl2N3O2S. The number of morpholine rings is 1. The molecule has 1 amide bonds. The van der Waals surface area contributed by atoms with Crippen molar-refractivity contribution in [3.63, 3.8) is 0 Å². The van der Waals surface area contributed by atoms with Gasteiger partial charge in [-0.15, -0.1) is 36.2 Å². The zero-order chi connectivity index (χ0) is 14.8. The molecule has 2 fully saturated rings. The monoisotopic (exact) mass is 381 g/mol. The molecule has 2 heterocycles. The molecule has 2 aliphatic rings. The van der Waals surface area contributed by atoms with Crippen LogP contribution in [0.15, 0.2) is 0 Å². The molecule has 1 aliphatic heterocycles. The first-order valence-electron chi connectivity index (χ1n) is 7.69. The number of thiazole rings is 1. The molecule has 0 spiro atoms. The minimum Gasteiger partial charge on any atom is -0.375 e. The van der Waals surface area contributed by atoms with E-state index in [1.165, 1.54) is 0 Å². The molecule has 132 valence electrons. The molecule has 0 radical (unpaired) electrons. The number of rotatable bonds is 3. The van der Waals surface area contributed by atoms with E-state index in [0.29, 0.717) is 18.7 Å². The number of fused-ring (bicyclic) bond motifs is 1. The minimum atomic E-state index is 0. The van der Waals surface area contributed by atoms with Crippen molar-refractivity contribution in [3.8, 4) is 0 Å². The van der Waals surface area contributed by atoms with E-state index in [-0.39, 0.29) is 36.6 Å². The van der Waals surface area contributed by atoms with Gasteiger partial charge in [0.05, 0.1) is 30.0 Å². The molecule has 1 saturated carbocycles. The van der Waals surface area contributed by atoms with E-state index < -0.39 is 0 Å². The molecule has 2 N–H and O–H groups in total. The Bertz CT molecular complexity index is 527. The number of aryl methyl sites for hydroxylation is 2. The van der Waals surface area contributed by atoms with Crippen molar-refractivity contribution in [2.75, 3.05) is 13.2 Å². The second-order valence-electron chi connectivity index (χ2n) is 5.94. The van der Waals surface area contributed by atoms with Crippen molar-refractivity contribution >= 4 is 42.1 Å². The van der Waals surface area contributed by atoms with Crippen LogP contribution in [0, 0.1) is 19.8 Å². The summed E-state index contributed by atoms with van der Waals surface area (Å²) >= 11 is 1.66. The van der Waals surface area contributed by atoms with Crippen molar-refractivity contribution in [1.29, 1.82) is 0 Å². The Labute approximate surface area is 153 Å². The van der Waals surface area contributed by atoms with E-state index >= 15 is 0 Å². The zero-order valence-electron chi connectivity index (χ0n) is 13.5. The number of aromatic nitrogens is 1. The van der Waals surface area contributed by atoms with Crippen LogP contribution in [-0.4, -0.2) is 36.2 Å². The maximum Gasteiger partial charge on any atom is 0.223 e. The highest BCUT2D eigenvalue weighted by atomic mass is 35.5. The molecule has 1 saturated heterocycles. The van der Waals surface area contributed by atoms with Crippen LogP contribution >= 0.6 is 36.2 Å². The summed E-state index contributed by atoms with van der Waals surface area (Å²) in [5.41, 5.74) is 1.03. The Balaban J connectivity index is 0.00000132. The van der Waals surface area contributed by atoms with Crippen molar-refractivity contribution in [2.24, 2.45) is 5.92 Å². The van der Waals surface area contributed by atoms with Crippen molar-refractivity contribution < 1.29 is 9.53 Å². The van der Waals surface area contributed by atoms with Crippen LogP contribution in [0.5, 0.6) is 0 Å². The van der Waals surface area contributed by atoms with Gasteiger partial charge in [0, 0.05) is 23.4 Å². The van der Waals surface area contributed by atoms with Crippen LogP contribution in [0.4, 0.5) is 0 Å². The molecule has 0 unspecified atom stereocenters. The van der Waals surface area contributed by atoms with E-state index in [2.05, 4.69) is 15.6 Å². The summed E-state index contributed by atoms with van der Waals surface area (Å²) < 4.78 is 5.76. The number of hydrogen-bond acceptors (Lipinski definition) is 5. The van der Waals surface area contributed by atoms with Gasteiger partial charge in [0.1, 0.15) is 0 Å². The Kier molecular flexibility index (Phi) is 8.24. The van der Waals surface area contributed by atoms with E-state index in [9.17, 15) is 4.79 Å². The van der Waals surface area contributed by atoms with Gasteiger partial charge in [0.2, 0.25) is 5.91 Å². The summed E-state index contributed by atoms with van der Waals surface area (Å²) in [4.78, 5) is 17.9. The topological polar surface area (TPSA) is 63.2 Å². The molecule has 0 aromatic carbocycles. The molecule has 1 aromatic rings. The summed E-state index contributed by atoms with van der Waals surface area (Å²) in [5.74, 6) is 0.279. The summed E-state index contributed by atoms with van der Waals surface area (Å²) in [7, 11) is 0. The fourth-order valence-electron chi connectivity index (χ4n) is 3.30. The van der Waals surface area contributed by atoms with Gasteiger partial charge in [-0.3, -0.25) is 4.79 Å².